The van der Waals surface area contributed by atoms with Crippen molar-refractivity contribution in [2.75, 3.05) is 0 Å². The maximum Gasteiger partial charge on any atom is 0.311 e. The number of carboxylic acids is 1. The topological polar surface area (TPSA) is 54.4 Å². The van der Waals surface area contributed by atoms with Crippen molar-refractivity contribution < 1.29 is 14.7 Å². The van der Waals surface area contributed by atoms with Crippen molar-refractivity contribution in [1.29, 1.82) is 0 Å². The van der Waals surface area contributed by atoms with E-state index >= 15 is 0 Å². The molecular formula is C14H20O3. The van der Waals surface area contributed by atoms with Crippen molar-refractivity contribution in [2.45, 2.75) is 46.5 Å². The molecule has 0 saturated carbocycles. The lowest BCUT2D eigenvalue weighted by atomic mass is 9.72. The minimum atomic E-state index is -1.08. The van der Waals surface area contributed by atoms with E-state index < -0.39 is 12.4 Å². The summed E-state index contributed by atoms with van der Waals surface area (Å²) < 4.78 is 0. The molecule has 0 saturated heterocycles. The Hall–Kier alpha value is -1.38. The first-order valence-electron chi connectivity index (χ1n) is 5.96. The standard InChI is InChI=1S/C14H20O3/c1-10-5-4-8-14(2,3)12(10)7-6-11(15)9-13(16)17/h6-7H,4-5,8-9H2,1-3H3,(H,16,17)/b7-6+. The Morgan fingerprint density at radius 1 is 1.41 bits per heavy atom. The Bertz CT molecular complexity index is 386. The van der Waals surface area contributed by atoms with E-state index in [-0.39, 0.29) is 11.2 Å². The lowest BCUT2D eigenvalue weighted by molar-refractivity contribution is -0.139. The van der Waals surface area contributed by atoms with Crippen molar-refractivity contribution in [3.63, 3.8) is 0 Å². The summed E-state index contributed by atoms with van der Waals surface area (Å²) in [6.07, 6.45) is 6.13. The zero-order valence-electron chi connectivity index (χ0n) is 10.7. The van der Waals surface area contributed by atoms with Crippen LogP contribution in [0.1, 0.15) is 46.5 Å². The van der Waals surface area contributed by atoms with Gasteiger partial charge in [-0.2, -0.15) is 0 Å². The second-order valence-electron chi connectivity index (χ2n) is 5.30. The number of hydrogen-bond acceptors (Lipinski definition) is 2. The fourth-order valence-electron chi connectivity index (χ4n) is 2.39. The second kappa shape index (κ2) is 5.30. The number of carboxylic acid groups (broad SMARTS) is 1. The summed E-state index contributed by atoms with van der Waals surface area (Å²) in [5.41, 5.74) is 2.57. The van der Waals surface area contributed by atoms with Crippen LogP contribution in [0.25, 0.3) is 0 Å². The fraction of sp³-hybridized carbons (Fsp3) is 0.571. The van der Waals surface area contributed by atoms with Crippen molar-refractivity contribution in [1.82, 2.24) is 0 Å². The number of hydrogen-bond donors (Lipinski definition) is 1. The highest BCUT2D eigenvalue weighted by Crippen LogP contribution is 2.40. The predicted octanol–water partition coefficient (Wildman–Crippen LogP) is 3.11. The molecule has 3 heteroatoms. The van der Waals surface area contributed by atoms with Gasteiger partial charge in [-0.3, -0.25) is 9.59 Å². The number of carbonyl (C=O) groups excluding carboxylic acids is 1. The molecule has 0 radical (unpaired) electrons. The van der Waals surface area contributed by atoms with E-state index in [9.17, 15) is 9.59 Å². The lowest BCUT2D eigenvalue weighted by Gasteiger charge is -2.32. The summed E-state index contributed by atoms with van der Waals surface area (Å²) >= 11 is 0. The van der Waals surface area contributed by atoms with E-state index in [0.717, 1.165) is 12.8 Å². The third kappa shape index (κ3) is 3.84. The summed E-state index contributed by atoms with van der Waals surface area (Å²) in [4.78, 5) is 21.7. The molecule has 0 heterocycles. The summed E-state index contributed by atoms with van der Waals surface area (Å²) in [5, 5.41) is 8.51. The molecule has 0 aliphatic heterocycles. The van der Waals surface area contributed by atoms with Crippen LogP contribution < -0.4 is 0 Å². The zero-order valence-corrected chi connectivity index (χ0v) is 10.7. The van der Waals surface area contributed by atoms with Crippen LogP contribution in [0.15, 0.2) is 23.3 Å². The third-order valence-corrected chi connectivity index (χ3v) is 3.30. The first-order valence-corrected chi connectivity index (χ1v) is 5.96. The highest BCUT2D eigenvalue weighted by Gasteiger charge is 2.26. The molecule has 1 N–H and O–H groups in total. The van der Waals surface area contributed by atoms with Gasteiger partial charge in [-0.05, 0) is 43.3 Å². The Morgan fingerprint density at radius 3 is 2.59 bits per heavy atom. The molecule has 17 heavy (non-hydrogen) atoms. The molecule has 1 aliphatic rings. The SMILES string of the molecule is CC1=C(/C=C/C(=O)CC(=O)O)C(C)(C)CCC1. The average molecular weight is 236 g/mol. The Balaban J connectivity index is 2.82. The highest BCUT2D eigenvalue weighted by molar-refractivity contribution is 6.01. The molecule has 0 aromatic heterocycles. The van der Waals surface area contributed by atoms with E-state index in [0.29, 0.717) is 0 Å². The minimum absolute atomic E-state index is 0.0857. The molecule has 0 atom stereocenters. The number of aliphatic carboxylic acids is 1. The van der Waals surface area contributed by atoms with Crippen LogP contribution in [-0.4, -0.2) is 16.9 Å². The van der Waals surface area contributed by atoms with Gasteiger partial charge in [-0.25, -0.2) is 0 Å². The second-order valence-corrected chi connectivity index (χ2v) is 5.30. The summed E-state index contributed by atoms with van der Waals surface area (Å²) in [6, 6.07) is 0. The summed E-state index contributed by atoms with van der Waals surface area (Å²) in [7, 11) is 0. The molecule has 1 aliphatic carbocycles. The molecule has 3 nitrogen and oxygen atoms in total. The Morgan fingerprint density at radius 2 is 2.06 bits per heavy atom. The van der Waals surface area contributed by atoms with E-state index in [1.807, 2.05) is 0 Å². The zero-order chi connectivity index (χ0) is 13.1. The monoisotopic (exact) mass is 236 g/mol. The molecule has 0 aromatic rings. The normalized spacial score (nSPS) is 19.7. The number of carbonyl (C=O) groups is 2. The predicted molar refractivity (Wildman–Crippen MR) is 66.7 cm³/mol. The average Bonchev–Trinajstić information content (AvgIpc) is 2.14. The Labute approximate surface area is 102 Å². The van der Waals surface area contributed by atoms with Gasteiger partial charge in [0.2, 0.25) is 0 Å². The quantitative estimate of drug-likeness (QED) is 0.602. The van der Waals surface area contributed by atoms with Crippen molar-refractivity contribution in [3.05, 3.63) is 23.3 Å². The van der Waals surface area contributed by atoms with Crippen molar-refractivity contribution >= 4 is 11.8 Å². The largest absolute Gasteiger partial charge is 0.481 e. The van der Waals surface area contributed by atoms with E-state index in [2.05, 4.69) is 20.8 Å². The summed E-state index contributed by atoms with van der Waals surface area (Å²) in [5.74, 6) is -1.42. The van der Waals surface area contributed by atoms with Crippen molar-refractivity contribution in [3.8, 4) is 0 Å². The van der Waals surface area contributed by atoms with E-state index in [1.165, 1.54) is 23.6 Å². The van der Waals surface area contributed by atoms with Crippen LogP contribution in [0.5, 0.6) is 0 Å². The van der Waals surface area contributed by atoms with Crippen LogP contribution in [0.2, 0.25) is 0 Å². The van der Waals surface area contributed by atoms with Crippen LogP contribution in [0.4, 0.5) is 0 Å². The van der Waals surface area contributed by atoms with Gasteiger partial charge in [-0.15, -0.1) is 0 Å². The van der Waals surface area contributed by atoms with Gasteiger partial charge < -0.3 is 5.11 Å². The van der Waals surface area contributed by atoms with Gasteiger partial charge in [0.25, 0.3) is 0 Å². The summed E-state index contributed by atoms with van der Waals surface area (Å²) in [6.45, 7) is 6.41. The number of ketones is 1. The van der Waals surface area contributed by atoms with Gasteiger partial charge in [0.1, 0.15) is 6.42 Å². The number of rotatable bonds is 4. The molecule has 0 aromatic carbocycles. The van der Waals surface area contributed by atoms with E-state index in [1.54, 1.807) is 6.08 Å². The molecule has 0 fully saturated rings. The molecule has 0 spiro atoms. The maximum atomic E-state index is 11.3. The molecule has 0 bridgehead atoms. The molecule has 1 rings (SSSR count). The van der Waals surface area contributed by atoms with Crippen LogP contribution in [-0.2, 0) is 9.59 Å². The van der Waals surface area contributed by atoms with Gasteiger partial charge in [-0.1, -0.05) is 25.5 Å². The molecular weight excluding hydrogens is 216 g/mol. The molecule has 94 valence electrons. The highest BCUT2D eigenvalue weighted by atomic mass is 16.4. The van der Waals surface area contributed by atoms with Gasteiger partial charge in [0.05, 0.1) is 0 Å². The van der Waals surface area contributed by atoms with Crippen LogP contribution in [0, 0.1) is 5.41 Å². The smallest absolute Gasteiger partial charge is 0.311 e. The third-order valence-electron chi connectivity index (χ3n) is 3.30. The fourth-order valence-corrected chi connectivity index (χ4v) is 2.39. The molecule has 0 unspecified atom stereocenters. The first-order chi connectivity index (χ1) is 7.83. The van der Waals surface area contributed by atoms with Gasteiger partial charge >= 0.3 is 5.97 Å². The first kappa shape index (κ1) is 13.7. The molecule has 0 amide bonds. The minimum Gasteiger partial charge on any atom is -0.481 e. The van der Waals surface area contributed by atoms with Gasteiger partial charge in [0.15, 0.2) is 5.78 Å². The van der Waals surface area contributed by atoms with Gasteiger partial charge in [0, 0.05) is 0 Å². The lowest BCUT2D eigenvalue weighted by Crippen LogP contribution is -2.19. The Kier molecular flexibility index (Phi) is 4.27. The number of allylic oxidation sites excluding steroid dienone is 4. The van der Waals surface area contributed by atoms with Crippen molar-refractivity contribution in [2.24, 2.45) is 5.41 Å². The van der Waals surface area contributed by atoms with Crippen LogP contribution >= 0.6 is 0 Å². The van der Waals surface area contributed by atoms with E-state index in [4.69, 9.17) is 5.11 Å². The maximum absolute atomic E-state index is 11.3. The van der Waals surface area contributed by atoms with Crippen LogP contribution in [0.3, 0.4) is 0 Å².